The summed E-state index contributed by atoms with van der Waals surface area (Å²) in [6.07, 6.45) is 3.36. The maximum Gasteiger partial charge on any atom is 0.273 e. The van der Waals surface area contributed by atoms with Crippen LogP contribution in [-0.2, 0) is 4.74 Å². The summed E-state index contributed by atoms with van der Waals surface area (Å²) in [6, 6.07) is 1.48. The van der Waals surface area contributed by atoms with Crippen molar-refractivity contribution in [3.8, 4) is 0 Å². The van der Waals surface area contributed by atoms with Gasteiger partial charge in [0.15, 0.2) is 0 Å². The molecule has 2 aromatic heterocycles. The van der Waals surface area contributed by atoms with Gasteiger partial charge in [0, 0.05) is 12.7 Å². The normalized spacial score (nSPS) is 18.8. The van der Waals surface area contributed by atoms with Crippen LogP contribution in [0.5, 0.6) is 0 Å². The molecule has 1 N–H and O–H groups in total. The highest BCUT2D eigenvalue weighted by molar-refractivity contribution is 5.92. The van der Waals surface area contributed by atoms with E-state index in [1.54, 1.807) is 30.3 Å². The van der Waals surface area contributed by atoms with Crippen molar-refractivity contribution < 1.29 is 9.53 Å². The highest BCUT2D eigenvalue weighted by atomic mass is 16.5. The van der Waals surface area contributed by atoms with E-state index >= 15 is 0 Å². The van der Waals surface area contributed by atoms with E-state index in [9.17, 15) is 4.79 Å². The van der Waals surface area contributed by atoms with Crippen molar-refractivity contribution in [1.82, 2.24) is 25.1 Å². The number of nitrogens with zero attached hydrogens (tertiary/aromatic N) is 4. The summed E-state index contributed by atoms with van der Waals surface area (Å²) in [6.45, 7) is 5.25. The van der Waals surface area contributed by atoms with Crippen molar-refractivity contribution in [3.63, 3.8) is 0 Å². The van der Waals surface area contributed by atoms with Gasteiger partial charge < -0.3 is 9.64 Å². The van der Waals surface area contributed by atoms with Gasteiger partial charge in [-0.15, -0.1) is 0 Å². The molecule has 110 valence electrons. The van der Waals surface area contributed by atoms with Crippen molar-refractivity contribution in [1.29, 1.82) is 0 Å². The van der Waals surface area contributed by atoms with E-state index in [0.717, 1.165) is 11.3 Å². The predicted molar refractivity (Wildman–Crippen MR) is 74.7 cm³/mol. The minimum absolute atomic E-state index is 0.109. The highest BCUT2D eigenvalue weighted by Gasteiger charge is 2.31. The third-order valence-electron chi connectivity index (χ3n) is 3.59. The fourth-order valence-electron chi connectivity index (χ4n) is 2.50. The molecule has 0 bridgehead atoms. The molecule has 0 unspecified atom stereocenters. The quantitative estimate of drug-likeness (QED) is 0.892. The number of ether oxygens (including phenoxy) is 1. The minimum Gasteiger partial charge on any atom is -0.377 e. The number of aromatic amines is 1. The number of morpholine rings is 1. The van der Waals surface area contributed by atoms with E-state index in [1.807, 2.05) is 6.92 Å². The van der Waals surface area contributed by atoms with Gasteiger partial charge in [-0.1, -0.05) is 0 Å². The van der Waals surface area contributed by atoms with E-state index in [4.69, 9.17) is 4.74 Å². The molecule has 0 radical (unpaired) electrons. The van der Waals surface area contributed by atoms with Crippen LogP contribution in [0.3, 0.4) is 0 Å². The molecule has 1 aliphatic heterocycles. The Morgan fingerprint density at radius 1 is 1.48 bits per heavy atom. The van der Waals surface area contributed by atoms with Gasteiger partial charge in [0.25, 0.3) is 5.91 Å². The van der Waals surface area contributed by atoms with E-state index in [1.165, 1.54) is 0 Å². The van der Waals surface area contributed by atoms with Crippen molar-refractivity contribution >= 4 is 5.91 Å². The number of carbonyl (C=O) groups excluding carboxylic acids is 1. The number of amides is 1. The third-order valence-corrected chi connectivity index (χ3v) is 3.59. The fourth-order valence-corrected chi connectivity index (χ4v) is 2.50. The molecule has 21 heavy (non-hydrogen) atoms. The Morgan fingerprint density at radius 2 is 2.33 bits per heavy atom. The smallest absolute Gasteiger partial charge is 0.273 e. The molecule has 2 aromatic rings. The molecule has 1 saturated heterocycles. The zero-order chi connectivity index (χ0) is 14.8. The van der Waals surface area contributed by atoms with Crippen molar-refractivity contribution in [3.05, 3.63) is 41.2 Å². The Bertz CT molecular complexity index is 654. The lowest BCUT2D eigenvalue weighted by Crippen LogP contribution is -2.44. The van der Waals surface area contributed by atoms with E-state index < -0.39 is 0 Å². The molecular formula is C14H17N5O2. The van der Waals surface area contributed by atoms with Crippen molar-refractivity contribution in [2.45, 2.75) is 19.9 Å². The third kappa shape index (κ3) is 2.64. The Labute approximate surface area is 122 Å². The van der Waals surface area contributed by atoms with Crippen LogP contribution in [0.4, 0.5) is 0 Å². The van der Waals surface area contributed by atoms with Gasteiger partial charge in [0.1, 0.15) is 11.5 Å². The number of H-pyrrole nitrogens is 1. The van der Waals surface area contributed by atoms with Crippen LogP contribution in [0.2, 0.25) is 0 Å². The Kier molecular flexibility index (Phi) is 3.66. The van der Waals surface area contributed by atoms with Crippen LogP contribution in [0.1, 0.15) is 33.6 Å². The Balaban J connectivity index is 1.91. The molecule has 7 heteroatoms. The molecule has 3 rings (SSSR count). The lowest BCUT2D eigenvalue weighted by atomic mass is 10.1. The lowest BCUT2D eigenvalue weighted by Gasteiger charge is -2.35. The Hall–Kier alpha value is -2.28. The molecule has 1 fully saturated rings. The molecule has 0 spiro atoms. The summed E-state index contributed by atoms with van der Waals surface area (Å²) in [5.41, 5.74) is 2.34. The van der Waals surface area contributed by atoms with Gasteiger partial charge in [-0.05, 0) is 25.5 Å². The van der Waals surface area contributed by atoms with E-state index in [-0.39, 0.29) is 11.9 Å². The van der Waals surface area contributed by atoms with Gasteiger partial charge in [0.2, 0.25) is 0 Å². The number of aromatic nitrogens is 4. The average Bonchev–Trinajstić information content (AvgIpc) is 2.92. The first-order valence-electron chi connectivity index (χ1n) is 6.85. The summed E-state index contributed by atoms with van der Waals surface area (Å²) in [5, 5.41) is 7.00. The second-order valence-corrected chi connectivity index (χ2v) is 5.05. The van der Waals surface area contributed by atoms with Crippen molar-refractivity contribution in [2.24, 2.45) is 0 Å². The van der Waals surface area contributed by atoms with Crippen molar-refractivity contribution in [2.75, 3.05) is 19.8 Å². The van der Waals surface area contributed by atoms with Crippen LogP contribution >= 0.6 is 0 Å². The van der Waals surface area contributed by atoms with Crippen LogP contribution in [0.25, 0.3) is 0 Å². The first-order valence-corrected chi connectivity index (χ1v) is 6.85. The number of aryl methyl sites for hydroxylation is 2. The molecule has 1 atom stereocenters. The molecular weight excluding hydrogens is 270 g/mol. The first-order chi connectivity index (χ1) is 10.2. The zero-order valence-corrected chi connectivity index (χ0v) is 12.0. The SMILES string of the molecule is Cc1nccc(C(=O)N2CCOC[C@@H]2c2[nH]ncc2C)n1. The van der Waals surface area contributed by atoms with Crippen LogP contribution in [0.15, 0.2) is 18.5 Å². The fraction of sp³-hybridized carbons (Fsp3) is 0.429. The van der Waals surface area contributed by atoms with Gasteiger partial charge in [0.05, 0.1) is 31.1 Å². The Morgan fingerprint density at radius 3 is 3.05 bits per heavy atom. The standard InChI is InChI=1S/C14H17N5O2/c1-9-7-16-18-13(9)12-8-21-6-5-19(12)14(20)11-3-4-15-10(2)17-11/h3-4,7,12H,5-6,8H2,1-2H3,(H,16,18)/t12-/m1/s1. The summed E-state index contributed by atoms with van der Waals surface area (Å²) in [7, 11) is 0. The van der Waals surface area contributed by atoms with Crippen LogP contribution in [-0.4, -0.2) is 50.7 Å². The van der Waals surface area contributed by atoms with Crippen LogP contribution < -0.4 is 0 Å². The molecule has 0 aromatic carbocycles. The van der Waals surface area contributed by atoms with E-state index in [2.05, 4.69) is 20.2 Å². The molecule has 1 amide bonds. The highest BCUT2D eigenvalue weighted by Crippen LogP contribution is 2.26. The second-order valence-electron chi connectivity index (χ2n) is 5.05. The maximum atomic E-state index is 12.7. The molecule has 7 nitrogen and oxygen atoms in total. The number of hydrogen-bond acceptors (Lipinski definition) is 5. The number of nitrogens with one attached hydrogen (secondary N) is 1. The first kappa shape index (κ1) is 13.7. The summed E-state index contributed by atoms with van der Waals surface area (Å²) < 4.78 is 5.53. The molecule has 3 heterocycles. The maximum absolute atomic E-state index is 12.7. The molecule has 0 aliphatic carbocycles. The zero-order valence-electron chi connectivity index (χ0n) is 12.0. The van der Waals surface area contributed by atoms with Gasteiger partial charge in [-0.2, -0.15) is 5.10 Å². The summed E-state index contributed by atoms with van der Waals surface area (Å²) in [5.74, 6) is 0.478. The molecule has 1 aliphatic rings. The van der Waals surface area contributed by atoms with E-state index in [0.29, 0.717) is 31.3 Å². The largest absolute Gasteiger partial charge is 0.377 e. The monoisotopic (exact) mass is 287 g/mol. The average molecular weight is 287 g/mol. The van der Waals surface area contributed by atoms with Gasteiger partial charge >= 0.3 is 0 Å². The lowest BCUT2D eigenvalue weighted by molar-refractivity contribution is -0.00440. The molecule has 0 saturated carbocycles. The second kappa shape index (κ2) is 5.61. The predicted octanol–water partition coefficient (Wildman–Crippen LogP) is 1.03. The topological polar surface area (TPSA) is 84.0 Å². The summed E-state index contributed by atoms with van der Waals surface area (Å²) >= 11 is 0. The van der Waals surface area contributed by atoms with Crippen LogP contribution in [0, 0.1) is 13.8 Å². The number of carbonyl (C=O) groups is 1. The number of rotatable bonds is 2. The van der Waals surface area contributed by atoms with Gasteiger partial charge in [-0.25, -0.2) is 9.97 Å². The minimum atomic E-state index is -0.163. The number of hydrogen-bond donors (Lipinski definition) is 1. The van der Waals surface area contributed by atoms with Gasteiger partial charge in [-0.3, -0.25) is 9.89 Å². The summed E-state index contributed by atoms with van der Waals surface area (Å²) in [4.78, 5) is 22.7.